The van der Waals surface area contributed by atoms with Crippen LogP contribution in [0.5, 0.6) is 0 Å². The molecule has 0 heterocycles. The Morgan fingerprint density at radius 1 is 0.931 bits per heavy atom. The number of sulfonamides is 1. The van der Waals surface area contributed by atoms with Gasteiger partial charge in [-0.1, -0.05) is 54.6 Å². The van der Waals surface area contributed by atoms with E-state index in [0.717, 1.165) is 30.2 Å². The molecule has 0 radical (unpaired) electrons. The molecule has 3 aromatic carbocycles. The number of aryl methyl sites for hydroxylation is 3. The van der Waals surface area contributed by atoms with Crippen molar-refractivity contribution in [1.29, 1.82) is 0 Å². The third-order valence-electron chi connectivity index (χ3n) is 5.13. The number of hydrogen-bond donors (Lipinski definition) is 1. The lowest BCUT2D eigenvalue weighted by molar-refractivity contribution is 0.607. The molecule has 3 nitrogen and oxygen atoms in total. The second kappa shape index (κ2) is 7.75. The van der Waals surface area contributed by atoms with Gasteiger partial charge >= 0.3 is 0 Å². The van der Waals surface area contributed by atoms with Gasteiger partial charge in [0.2, 0.25) is 10.0 Å². The third-order valence-corrected chi connectivity index (χ3v) is 5.74. The van der Waals surface area contributed by atoms with E-state index in [2.05, 4.69) is 59.8 Å². The normalized spacial score (nSPS) is 13.0. The first-order valence-corrected chi connectivity index (χ1v) is 11.5. The van der Waals surface area contributed by atoms with Crippen molar-refractivity contribution in [1.82, 2.24) is 0 Å². The van der Waals surface area contributed by atoms with Gasteiger partial charge in [-0.3, -0.25) is 4.72 Å². The molecule has 1 aliphatic carbocycles. The minimum Gasteiger partial charge on any atom is -0.284 e. The number of nitrogens with one attached hydrogen (secondary N) is 1. The summed E-state index contributed by atoms with van der Waals surface area (Å²) in [5, 5.41) is 0. The molecule has 0 saturated carbocycles. The summed E-state index contributed by atoms with van der Waals surface area (Å²) < 4.78 is 25.6. The SMILES string of the molecule is Cc1cccc2c1C(=C=Cc1cccc(NS(C)(=O)=O)c1)c1ccccc1CC2. The molecule has 0 spiro atoms. The molecule has 0 aliphatic heterocycles. The van der Waals surface area contributed by atoms with Crippen LogP contribution < -0.4 is 4.72 Å². The van der Waals surface area contributed by atoms with Gasteiger partial charge in [0.05, 0.1) is 6.26 Å². The highest BCUT2D eigenvalue weighted by molar-refractivity contribution is 7.92. The summed E-state index contributed by atoms with van der Waals surface area (Å²) in [5.74, 6) is 0. The van der Waals surface area contributed by atoms with Gasteiger partial charge in [-0.05, 0) is 71.4 Å². The Morgan fingerprint density at radius 2 is 1.66 bits per heavy atom. The van der Waals surface area contributed by atoms with Crippen LogP contribution in [0.1, 0.15) is 33.4 Å². The zero-order valence-corrected chi connectivity index (χ0v) is 17.4. The molecule has 4 rings (SSSR count). The Labute approximate surface area is 172 Å². The van der Waals surface area contributed by atoms with Crippen molar-refractivity contribution in [3.05, 3.63) is 106 Å². The van der Waals surface area contributed by atoms with E-state index >= 15 is 0 Å². The highest BCUT2D eigenvalue weighted by atomic mass is 32.2. The number of anilines is 1. The lowest BCUT2D eigenvalue weighted by Gasteiger charge is -2.12. The number of fused-ring (bicyclic) bond motifs is 2. The molecule has 0 unspecified atom stereocenters. The van der Waals surface area contributed by atoms with Crippen molar-refractivity contribution in [3.63, 3.8) is 0 Å². The summed E-state index contributed by atoms with van der Waals surface area (Å²) in [4.78, 5) is 0. The van der Waals surface area contributed by atoms with Crippen LogP contribution in [0.2, 0.25) is 0 Å². The van der Waals surface area contributed by atoms with Crippen LogP contribution >= 0.6 is 0 Å². The smallest absolute Gasteiger partial charge is 0.229 e. The van der Waals surface area contributed by atoms with Crippen molar-refractivity contribution in [3.8, 4) is 0 Å². The summed E-state index contributed by atoms with van der Waals surface area (Å²) in [6.07, 6.45) is 5.10. The van der Waals surface area contributed by atoms with E-state index in [4.69, 9.17) is 0 Å². The molecule has 3 aromatic rings. The van der Waals surface area contributed by atoms with Gasteiger partial charge in [0.1, 0.15) is 0 Å². The fourth-order valence-electron chi connectivity index (χ4n) is 3.89. The minimum atomic E-state index is -3.31. The van der Waals surface area contributed by atoms with E-state index in [9.17, 15) is 8.42 Å². The van der Waals surface area contributed by atoms with E-state index in [1.807, 2.05) is 24.3 Å². The number of rotatable bonds is 3. The molecule has 0 atom stereocenters. The number of benzene rings is 3. The first-order valence-electron chi connectivity index (χ1n) is 9.62. The van der Waals surface area contributed by atoms with Crippen LogP contribution in [0.3, 0.4) is 0 Å². The second-order valence-electron chi connectivity index (χ2n) is 7.43. The van der Waals surface area contributed by atoms with Gasteiger partial charge < -0.3 is 0 Å². The Kier molecular flexibility index (Phi) is 5.14. The van der Waals surface area contributed by atoms with Crippen LogP contribution in [-0.4, -0.2) is 14.7 Å². The summed E-state index contributed by atoms with van der Waals surface area (Å²) in [6, 6.07) is 22.3. The summed E-state index contributed by atoms with van der Waals surface area (Å²) >= 11 is 0. The average Bonchev–Trinajstić information content (AvgIpc) is 2.83. The molecule has 4 heteroatoms. The standard InChI is InChI=1S/C25H23NO2S/c1-18-7-5-10-21-15-14-20-9-3-4-12-23(20)24(25(18)21)16-13-19-8-6-11-22(17-19)26-29(2,27)28/h3-13,17,26H,14-15H2,1-2H3. The lowest BCUT2D eigenvalue weighted by atomic mass is 9.91. The van der Waals surface area contributed by atoms with Crippen molar-refractivity contribution >= 4 is 27.4 Å². The predicted molar refractivity (Wildman–Crippen MR) is 120 cm³/mol. The van der Waals surface area contributed by atoms with Gasteiger partial charge in [-0.15, -0.1) is 5.73 Å². The number of hydrogen-bond acceptors (Lipinski definition) is 2. The second-order valence-corrected chi connectivity index (χ2v) is 9.18. The van der Waals surface area contributed by atoms with Gasteiger partial charge in [0, 0.05) is 11.3 Å². The van der Waals surface area contributed by atoms with Crippen LogP contribution in [0, 0.1) is 6.92 Å². The van der Waals surface area contributed by atoms with Crippen molar-refractivity contribution in [2.45, 2.75) is 19.8 Å². The molecule has 1 aliphatic rings. The van der Waals surface area contributed by atoms with Crippen LogP contribution in [0.25, 0.3) is 11.6 Å². The Bertz CT molecular complexity index is 1250. The zero-order valence-electron chi connectivity index (χ0n) is 16.6. The summed E-state index contributed by atoms with van der Waals surface area (Å²) in [5.41, 5.74) is 12.4. The molecule has 0 saturated heterocycles. The van der Waals surface area contributed by atoms with Crippen LogP contribution in [-0.2, 0) is 22.9 Å². The van der Waals surface area contributed by atoms with Gasteiger partial charge in [-0.25, -0.2) is 8.42 Å². The van der Waals surface area contributed by atoms with E-state index in [1.54, 1.807) is 6.07 Å². The Hall–Kier alpha value is -3.07. The molecular weight excluding hydrogens is 378 g/mol. The fraction of sp³-hybridized carbons (Fsp3) is 0.160. The first-order chi connectivity index (χ1) is 13.9. The van der Waals surface area contributed by atoms with Crippen molar-refractivity contribution < 1.29 is 8.42 Å². The van der Waals surface area contributed by atoms with Gasteiger partial charge in [-0.2, -0.15) is 0 Å². The molecule has 1 N–H and O–H groups in total. The van der Waals surface area contributed by atoms with Gasteiger partial charge in [0.25, 0.3) is 0 Å². The van der Waals surface area contributed by atoms with E-state index in [-0.39, 0.29) is 0 Å². The molecule has 0 bridgehead atoms. The van der Waals surface area contributed by atoms with Gasteiger partial charge in [0.15, 0.2) is 0 Å². The maximum Gasteiger partial charge on any atom is 0.229 e. The third kappa shape index (κ3) is 4.34. The predicted octanol–water partition coefficient (Wildman–Crippen LogP) is 5.21. The van der Waals surface area contributed by atoms with Crippen LogP contribution in [0.15, 0.2) is 72.5 Å². The largest absolute Gasteiger partial charge is 0.284 e. The molecular formula is C25H23NO2S. The molecule has 146 valence electrons. The molecule has 0 amide bonds. The average molecular weight is 402 g/mol. The maximum atomic E-state index is 11.5. The summed E-state index contributed by atoms with van der Waals surface area (Å²) in [7, 11) is -3.31. The maximum absolute atomic E-state index is 11.5. The van der Waals surface area contributed by atoms with E-state index < -0.39 is 10.0 Å². The minimum absolute atomic E-state index is 0.547. The quantitative estimate of drug-likeness (QED) is 0.613. The van der Waals surface area contributed by atoms with E-state index in [1.165, 1.54) is 27.8 Å². The van der Waals surface area contributed by atoms with Crippen LogP contribution in [0.4, 0.5) is 5.69 Å². The molecule has 0 fully saturated rings. The fourth-order valence-corrected chi connectivity index (χ4v) is 4.45. The monoisotopic (exact) mass is 401 g/mol. The van der Waals surface area contributed by atoms with Crippen molar-refractivity contribution in [2.24, 2.45) is 0 Å². The Morgan fingerprint density at radius 3 is 2.48 bits per heavy atom. The lowest BCUT2D eigenvalue weighted by Crippen LogP contribution is -2.09. The van der Waals surface area contributed by atoms with Crippen molar-refractivity contribution in [2.75, 3.05) is 11.0 Å². The molecule has 0 aromatic heterocycles. The highest BCUT2D eigenvalue weighted by Crippen LogP contribution is 2.35. The zero-order chi connectivity index (χ0) is 20.4. The first kappa shape index (κ1) is 19.3. The highest BCUT2D eigenvalue weighted by Gasteiger charge is 2.19. The Balaban J connectivity index is 1.88. The summed E-state index contributed by atoms with van der Waals surface area (Å²) in [6.45, 7) is 2.14. The van der Waals surface area contributed by atoms with E-state index in [0.29, 0.717) is 5.69 Å². The topological polar surface area (TPSA) is 46.2 Å². The molecule has 29 heavy (non-hydrogen) atoms.